The molecule has 17 nitrogen and oxygen atoms in total. The van der Waals surface area contributed by atoms with Crippen LogP contribution in [0.25, 0.3) is 38.3 Å². The van der Waals surface area contributed by atoms with Gasteiger partial charge in [-0.2, -0.15) is 0 Å². The largest absolute Gasteiger partial charge is 0.508 e. The molecule has 10 rings (SSSR count). The van der Waals surface area contributed by atoms with Crippen molar-refractivity contribution in [3.63, 3.8) is 0 Å². The number of phenols is 2. The Morgan fingerprint density at radius 3 is 2.59 bits per heavy atom. The second kappa shape index (κ2) is 17.6. The molecule has 11 atom stereocenters. The molecule has 0 unspecified atom stereocenters. The first kappa shape index (κ1) is 46.0. The summed E-state index contributed by atoms with van der Waals surface area (Å²) < 4.78 is 16.2. The molecule has 5 heterocycles. The topological polar surface area (TPSA) is 261 Å². The van der Waals surface area contributed by atoms with Crippen molar-refractivity contribution in [1.29, 1.82) is 0 Å². The number of nitrogens with zero attached hydrogens (tertiary/aromatic N) is 1. The zero-order valence-electron chi connectivity index (χ0n) is 38.0. The van der Waals surface area contributed by atoms with Gasteiger partial charge in [-0.05, 0) is 98.3 Å². The number of aromatic hydroxyl groups is 2. The molecule has 3 aromatic carbocycles. The van der Waals surface area contributed by atoms with E-state index in [1.54, 1.807) is 13.0 Å². The van der Waals surface area contributed by atoms with E-state index < -0.39 is 55.3 Å². The molecule has 3 aromatic heterocycles. The maximum absolute atomic E-state index is 13.9. The van der Waals surface area contributed by atoms with Crippen LogP contribution in [0.4, 0.5) is 0 Å². The zero-order chi connectivity index (χ0) is 47.8. The summed E-state index contributed by atoms with van der Waals surface area (Å²) in [5, 5.41) is 85.2. The average molecular weight is 935 g/mol. The van der Waals surface area contributed by atoms with Crippen LogP contribution >= 0.6 is 0 Å². The number of aromatic nitrogens is 2. The lowest BCUT2D eigenvalue weighted by Crippen LogP contribution is -2.66. The van der Waals surface area contributed by atoms with Crippen LogP contribution in [-0.4, -0.2) is 120 Å². The fraction of sp³-hybridized carbons (Fsp3) is 0.451. The number of benzene rings is 3. The Morgan fingerprint density at radius 1 is 1.01 bits per heavy atom. The molecule has 2 aliphatic heterocycles. The van der Waals surface area contributed by atoms with Gasteiger partial charge < -0.3 is 65.1 Å². The van der Waals surface area contributed by atoms with E-state index in [0.717, 1.165) is 16.6 Å². The number of aliphatic hydroxyl groups excluding tert-OH is 4. The molecule has 2 aliphatic carbocycles. The van der Waals surface area contributed by atoms with Crippen molar-refractivity contribution in [2.75, 3.05) is 26.8 Å². The van der Waals surface area contributed by atoms with Gasteiger partial charge in [-0.1, -0.05) is 25.1 Å². The van der Waals surface area contributed by atoms with Crippen molar-refractivity contribution < 1.29 is 59.5 Å². The van der Waals surface area contributed by atoms with Gasteiger partial charge in [0.1, 0.15) is 65.2 Å². The molecule has 1 spiro atoms. The molecule has 0 radical (unpaired) electrons. The van der Waals surface area contributed by atoms with Gasteiger partial charge in [-0.3, -0.25) is 9.59 Å². The van der Waals surface area contributed by atoms with Crippen LogP contribution in [0.15, 0.2) is 82.3 Å². The zero-order valence-corrected chi connectivity index (χ0v) is 38.0. The lowest BCUT2D eigenvalue weighted by molar-refractivity contribution is -0.380. The Labute approximate surface area is 390 Å². The highest BCUT2D eigenvalue weighted by Gasteiger charge is 2.61. The van der Waals surface area contributed by atoms with Crippen molar-refractivity contribution in [3.8, 4) is 22.9 Å². The van der Waals surface area contributed by atoms with Crippen molar-refractivity contribution in [3.05, 3.63) is 106 Å². The summed E-state index contributed by atoms with van der Waals surface area (Å²) in [7, 11) is 1.88. The minimum atomic E-state index is -2.43. The molecule has 1 saturated heterocycles. The molecule has 10 N–H and O–H groups in total. The van der Waals surface area contributed by atoms with E-state index in [9.17, 15) is 45.3 Å². The van der Waals surface area contributed by atoms with Crippen LogP contribution < -0.4 is 20.8 Å². The van der Waals surface area contributed by atoms with Crippen molar-refractivity contribution >= 4 is 38.6 Å². The average Bonchev–Trinajstić information content (AvgIpc) is 4.06. The second-order valence-corrected chi connectivity index (χ2v) is 19.3. The smallest absolute Gasteiger partial charge is 0.220 e. The number of hydrogen-bond acceptors (Lipinski definition) is 14. The molecular weight excluding hydrogens is 877 g/mol. The first-order chi connectivity index (χ1) is 32.7. The third-order valence-electron chi connectivity index (χ3n) is 15.3. The summed E-state index contributed by atoms with van der Waals surface area (Å²) >= 11 is 0. The summed E-state index contributed by atoms with van der Waals surface area (Å²) in [6.07, 6.45) is 2.99. The SMILES string of the molecule is CCc1c2cc[nH]c2cn1-c1c2c(cc3c(=O)cc(C)oc13)C[C@@H](OOC[C@@](O)(Cc1ccc(O)c3ccc(O)cc13)[C@@H](O)[C@H](O)[C@H](O)CO)[C@@]1(C[C@@H]([C@@H]3CNC(=O)C3)[C@H]3C=C[C@@H](NC)[C@@H]1C3)O2. The van der Waals surface area contributed by atoms with E-state index in [1.807, 2.05) is 30.1 Å². The van der Waals surface area contributed by atoms with E-state index >= 15 is 0 Å². The maximum Gasteiger partial charge on any atom is 0.220 e. The van der Waals surface area contributed by atoms with Gasteiger partial charge in [0.15, 0.2) is 16.8 Å². The normalized spacial score (nSPS) is 26.7. The van der Waals surface area contributed by atoms with Crippen LogP contribution in [0.3, 0.4) is 0 Å². The number of allylic oxidation sites excluding steroid dienone is 1. The summed E-state index contributed by atoms with van der Waals surface area (Å²) in [6.45, 7) is 2.57. The molecule has 17 heteroatoms. The van der Waals surface area contributed by atoms with E-state index in [2.05, 4.69) is 34.7 Å². The molecule has 2 bridgehead atoms. The van der Waals surface area contributed by atoms with E-state index in [1.165, 1.54) is 36.4 Å². The summed E-state index contributed by atoms with van der Waals surface area (Å²) in [6, 6.07) is 12.2. The van der Waals surface area contributed by atoms with E-state index in [0.29, 0.717) is 82.3 Å². The molecule has 4 aliphatic rings. The molecule has 360 valence electrons. The number of hydrogen-bond donors (Lipinski definition) is 10. The van der Waals surface area contributed by atoms with Crippen molar-refractivity contribution in [2.24, 2.45) is 23.7 Å². The van der Waals surface area contributed by atoms with Gasteiger partial charge in [0.05, 0.1) is 17.5 Å². The van der Waals surface area contributed by atoms with Crippen molar-refractivity contribution in [2.45, 2.75) is 94.0 Å². The highest BCUT2D eigenvalue weighted by Crippen LogP contribution is 2.57. The van der Waals surface area contributed by atoms with Gasteiger partial charge in [-0.15, -0.1) is 0 Å². The number of H-pyrrole nitrogens is 1. The molecule has 1 saturated carbocycles. The Morgan fingerprint density at radius 2 is 1.84 bits per heavy atom. The Bertz CT molecular complexity index is 3000. The number of carbonyl (C=O) groups is 1. The van der Waals surface area contributed by atoms with Crippen LogP contribution in [0.1, 0.15) is 48.8 Å². The third-order valence-corrected chi connectivity index (χ3v) is 15.3. The second-order valence-electron chi connectivity index (χ2n) is 19.3. The number of ether oxygens (including phenoxy) is 1. The number of phenolic OH excluding ortho intramolecular Hbond substituents is 2. The first-order valence-electron chi connectivity index (χ1n) is 23.4. The van der Waals surface area contributed by atoms with Gasteiger partial charge in [0.2, 0.25) is 5.91 Å². The fourth-order valence-electron chi connectivity index (χ4n) is 11.9. The molecule has 68 heavy (non-hydrogen) atoms. The number of rotatable bonds is 14. The quantitative estimate of drug-likeness (QED) is 0.0426. The minimum absolute atomic E-state index is 0.0253. The predicted octanol–water partition coefficient (Wildman–Crippen LogP) is 3.48. The number of carbonyl (C=O) groups excluding carboxylic acids is 1. The Balaban J connectivity index is 1.11. The Hall–Kier alpha value is -5.76. The molecule has 6 aromatic rings. The lowest BCUT2D eigenvalue weighted by atomic mass is 9.55. The van der Waals surface area contributed by atoms with Crippen LogP contribution in [0.5, 0.6) is 17.2 Å². The number of nitrogens with one attached hydrogen (secondary N) is 3. The third kappa shape index (κ3) is 7.65. The number of aliphatic hydroxyl groups is 5. The monoisotopic (exact) mass is 934 g/mol. The standard InChI is InChI=1S/C51H58N4O13/c1-4-39-32-11-12-53-38(32)22-55(39)45-47-28(14-34-41(59)13-25(2)66-48(34)45)16-43(51(67-47)20-35(29-17-44(61)54-21-29)26-5-9-37(52-3)36(51)15-26)68-65-24-50(64,49(63)46(62)42(60)23-56)19-27-6-10-40(58)31-8-7-30(57)18-33(27)31/h5-14,18,22,26,29,35-37,42-43,46,49,52-53,56-58,60,62-64H,4,15-17,19-21,23-24H2,1-3H3,(H,54,61)/t26-,29-,35+,36-,37+,42+,43+,46+,49-,50-,51-/m0/s1. The number of aryl methyl sites for hydroxylation is 2. The maximum atomic E-state index is 13.9. The fourth-order valence-corrected chi connectivity index (χ4v) is 11.9. The lowest BCUT2D eigenvalue weighted by Gasteiger charge is -2.57. The van der Waals surface area contributed by atoms with Crippen molar-refractivity contribution in [1.82, 2.24) is 20.2 Å². The molecule has 1 amide bonds. The Kier molecular flexibility index (Phi) is 11.9. The van der Waals surface area contributed by atoms with Gasteiger partial charge in [0.25, 0.3) is 0 Å². The summed E-state index contributed by atoms with van der Waals surface area (Å²) in [5.41, 5.74) is -0.163. The van der Waals surface area contributed by atoms with Crippen LogP contribution in [-0.2, 0) is 33.8 Å². The van der Waals surface area contributed by atoms with Crippen LogP contribution in [0, 0.1) is 30.6 Å². The molecular formula is C51H58N4O13. The summed E-state index contributed by atoms with van der Waals surface area (Å²) in [4.78, 5) is 42.8. The minimum Gasteiger partial charge on any atom is -0.508 e. The predicted molar refractivity (Wildman–Crippen MR) is 250 cm³/mol. The number of fused-ring (bicyclic) bond motifs is 7. The van der Waals surface area contributed by atoms with Gasteiger partial charge in [0, 0.05) is 78.3 Å². The number of aromatic amines is 1. The van der Waals surface area contributed by atoms with Crippen LogP contribution in [0.2, 0.25) is 0 Å². The highest BCUT2D eigenvalue weighted by atomic mass is 17.2. The highest BCUT2D eigenvalue weighted by molar-refractivity contribution is 5.93. The van der Waals surface area contributed by atoms with Gasteiger partial charge in [-0.25, -0.2) is 9.78 Å². The van der Waals surface area contributed by atoms with E-state index in [-0.39, 0.29) is 59.0 Å². The van der Waals surface area contributed by atoms with Gasteiger partial charge >= 0.3 is 0 Å². The number of likely N-dealkylation sites (N-methyl/N-ethyl adjacent to an activating group) is 1. The first-order valence-corrected chi connectivity index (χ1v) is 23.4. The number of amides is 1. The summed E-state index contributed by atoms with van der Waals surface area (Å²) in [5.74, 6) is 0.435. The molecule has 2 fully saturated rings. The van der Waals surface area contributed by atoms with E-state index in [4.69, 9.17) is 18.9 Å².